The number of nitrogens with zero attached hydrogens (tertiary/aromatic N) is 2. The van der Waals surface area contributed by atoms with Crippen LogP contribution in [0, 0.1) is 13.8 Å². The second kappa shape index (κ2) is 10.6. The molecule has 0 atom stereocenters. The largest absolute Gasteiger partial charge is 0.422 e. The van der Waals surface area contributed by atoms with Crippen molar-refractivity contribution in [3.63, 3.8) is 0 Å². The normalized spacial score (nSPS) is 10.1. The second-order valence-corrected chi connectivity index (χ2v) is 7.09. The zero-order chi connectivity index (χ0) is 23.1. The van der Waals surface area contributed by atoms with Crippen molar-refractivity contribution in [3.05, 3.63) is 103 Å². The number of rotatable bonds is 4. The number of benzene rings is 2. The van der Waals surface area contributed by atoms with Gasteiger partial charge in [-0.25, -0.2) is 19.6 Å². The van der Waals surface area contributed by atoms with Crippen LogP contribution in [0.2, 0.25) is 10.3 Å². The first-order valence-electron chi connectivity index (χ1n) is 9.32. The first kappa shape index (κ1) is 23.1. The van der Waals surface area contributed by atoms with Crippen LogP contribution in [0.25, 0.3) is 0 Å². The minimum atomic E-state index is -0.536. The zero-order valence-electron chi connectivity index (χ0n) is 17.1. The molecule has 0 saturated carbocycles. The SMILES string of the molecule is Cc1oc(=O)c(Nc2ccccc2)nc1Cl.Cc1oc(=O)c(Nc2ccccc2)nc1Cl. The van der Waals surface area contributed by atoms with Crippen molar-refractivity contribution in [1.82, 2.24) is 9.97 Å². The van der Waals surface area contributed by atoms with Crippen LogP contribution in [0.3, 0.4) is 0 Å². The van der Waals surface area contributed by atoms with E-state index in [0.29, 0.717) is 11.5 Å². The molecule has 0 aliphatic carbocycles. The molecule has 164 valence electrons. The molecule has 0 spiro atoms. The summed E-state index contributed by atoms with van der Waals surface area (Å²) in [5.41, 5.74) is 0.431. The standard InChI is InChI=1S/2C11H9ClN2O2/c2*1-7-9(12)14-10(11(15)16-7)13-8-5-3-2-4-6-8/h2*2-6H,1H3,(H,13,14). The first-order valence-corrected chi connectivity index (χ1v) is 10.1. The second-order valence-electron chi connectivity index (χ2n) is 6.38. The average Bonchev–Trinajstić information content (AvgIpc) is 2.78. The van der Waals surface area contributed by atoms with Crippen LogP contribution < -0.4 is 21.9 Å². The van der Waals surface area contributed by atoms with Crippen LogP contribution >= 0.6 is 23.2 Å². The summed E-state index contributed by atoms with van der Waals surface area (Å²) >= 11 is 11.5. The van der Waals surface area contributed by atoms with Gasteiger partial charge < -0.3 is 19.5 Å². The van der Waals surface area contributed by atoms with E-state index in [1.54, 1.807) is 13.8 Å². The van der Waals surface area contributed by atoms with Gasteiger partial charge in [0.05, 0.1) is 0 Å². The van der Waals surface area contributed by atoms with Crippen LogP contribution in [0.4, 0.5) is 23.0 Å². The molecule has 0 unspecified atom stereocenters. The lowest BCUT2D eigenvalue weighted by molar-refractivity contribution is 0.476. The number of hydrogen-bond acceptors (Lipinski definition) is 8. The quantitative estimate of drug-likeness (QED) is 0.401. The molecule has 0 bridgehead atoms. The Balaban J connectivity index is 0.000000181. The van der Waals surface area contributed by atoms with Crippen LogP contribution in [0.15, 0.2) is 79.1 Å². The van der Waals surface area contributed by atoms with Gasteiger partial charge in [-0.05, 0) is 38.1 Å². The number of anilines is 4. The van der Waals surface area contributed by atoms with E-state index in [0.717, 1.165) is 11.4 Å². The maximum atomic E-state index is 11.4. The highest BCUT2D eigenvalue weighted by Gasteiger charge is 2.09. The summed E-state index contributed by atoms with van der Waals surface area (Å²) in [5, 5.41) is 6.03. The molecule has 0 aliphatic heterocycles. The van der Waals surface area contributed by atoms with Gasteiger partial charge in [0.2, 0.25) is 11.6 Å². The van der Waals surface area contributed by atoms with Crippen LogP contribution in [-0.2, 0) is 0 Å². The van der Waals surface area contributed by atoms with Crippen LogP contribution in [0.1, 0.15) is 11.5 Å². The summed E-state index contributed by atoms with van der Waals surface area (Å²) in [6.45, 7) is 3.17. The van der Waals surface area contributed by atoms with E-state index in [-0.39, 0.29) is 21.9 Å². The zero-order valence-corrected chi connectivity index (χ0v) is 18.6. The first-order chi connectivity index (χ1) is 15.3. The molecule has 0 radical (unpaired) electrons. The van der Waals surface area contributed by atoms with Gasteiger partial charge in [0, 0.05) is 11.4 Å². The number of aryl methyl sites for hydroxylation is 2. The van der Waals surface area contributed by atoms with Crippen LogP contribution in [-0.4, -0.2) is 9.97 Å². The molecule has 4 rings (SSSR count). The summed E-state index contributed by atoms with van der Waals surface area (Å²) < 4.78 is 9.80. The fourth-order valence-corrected chi connectivity index (χ4v) is 2.62. The van der Waals surface area contributed by atoms with Crippen molar-refractivity contribution in [2.75, 3.05) is 10.6 Å². The van der Waals surface area contributed by atoms with Gasteiger partial charge in [0.25, 0.3) is 0 Å². The maximum Gasteiger partial charge on any atom is 0.379 e. The molecule has 8 nitrogen and oxygen atoms in total. The van der Waals surface area contributed by atoms with Crippen molar-refractivity contribution < 1.29 is 8.83 Å². The van der Waals surface area contributed by atoms with E-state index in [9.17, 15) is 9.59 Å². The Morgan fingerprint density at radius 1 is 0.656 bits per heavy atom. The van der Waals surface area contributed by atoms with E-state index >= 15 is 0 Å². The monoisotopic (exact) mass is 472 g/mol. The summed E-state index contributed by atoms with van der Waals surface area (Å²) in [4.78, 5) is 30.7. The summed E-state index contributed by atoms with van der Waals surface area (Å²) in [7, 11) is 0. The summed E-state index contributed by atoms with van der Waals surface area (Å²) in [6, 6.07) is 18.4. The van der Waals surface area contributed by atoms with Crippen molar-refractivity contribution in [3.8, 4) is 0 Å². The molecule has 0 fully saturated rings. The van der Waals surface area contributed by atoms with Gasteiger partial charge in [-0.15, -0.1) is 0 Å². The third-order valence-corrected chi connectivity index (χ3v) is 4.65. The minimum Gasteiger partial charge on any atom is -0.422 e. The Bertz CT molecular complexity index is 1210. The number of aromatic nitrogens is 2. The minimum absolute atomic E-state index is 0.0850. The lowest BCUT2D eigenvalue weighted by atomic mass is 10.3. The molecular weight excluding hydrogens is 455 g/mol. The average molecular weight is 473 g/mol. The lowest BCUT2D eigenvalue weighted by Crippen LogP contribution is -2.10. The highest BCUT2D eigenvalue weighted by molar-refractivity contribution is 6.30. The van der Waals surface area contributed by atoms with Crippen molar-refractivity contribution >= 4 is 46.2 Å². The Morgan fingerprint density at radius 2 is 1.00 bits per heavy atom. The molecule has 0 amide bonds. The molecule has 2 aromatic heterocycles. The fourth-order valence-electron chi connectivity index (χ4n) is 2.38. The van der Waals surface area contributed by atoms with Crippen molar-refractivity contribution in [2.45, 2.75) is 13.8 Å². The highest BCUT2D eigenvalue weighted by atomic mass is 35.5. The van der Waals surface area contributed by atoms with E-state index in [1.165, 1.54) is 0 Å². The molecule has 32 heavy (non-hydrogen) atoms. The summed E-state index contributed by atoms with van der Waals surface area (Å²) in [6.07, 6.45) is 0. The number of hydrogen-bond donors (Lipinski definition) is 2. The van der Waals surface area contributed by atoms with Gasteiger partial charge in [-0.2, -0.15) is 0 Å². The van der Waals surface area contributed by atoms with Crippen LogP contribution in [0.5, 0.6) is 0 Å². The highest BCUT2D eigenvalue weighted by Crippen LogP contribution is 2.16. The van der Waals surface area contributed by atoms with Gasteiger partial charge in [0.15, 0.2) is 10.3 Å². The number of halogens is 2. The number of para-hydroxylation sites is 2. The molecule has 0 aliphatic rings. The molecule has 2 heterocycles. The molecular formula is C22H18Cl2N4O4. The topological polar surface area (TPSA) is 110 Å². The Labute approximate surface area is 192 Å². The lowest BCUT2D eigenvalue weighted by Gasteiger charge is -2.04. The summed E-state index contributed by atoms with van der Waals surface area (Å²) in [5.74, 6) is 0.791. The third kappa shape index (κ3) is 6.19. The predicted octanol–water partition coefficient (Wildman–Crippen LogP) is 5.48. The maximum absolute atomic E-state index is 11.4. The third-order valence-electron chi connectivity index (χ3n) is 3.95. The van der Waals surface area contributed by atoms with E-state index in [2.05, 4.69) is 20.6 Å². The Hall–Kier alpha value is -3.62. The Morgan fingerprint density at radius 3 is 1.34 bits per heavy atom. The predicted molar refractivity (Wildman–Crippen MR) is 124 cm³/mol. The fraction of sp³-hybridized carbons (Fsp3) is 0.0909. The van der Waals surface area contributed by atoms with Crippen molar-refractivity contribution in [1.29, 1.82) is 0 Å². The van der Waals surface area contributed by atoms with E-state index in [4.69, 9.17) is 32.0 Å². The van der Waals surface area contributed by atoms with E-state index < -0.39 is 11.3 Å². The molecule has 2 N–H and O–H groups in total. The van der Waals surface area contributed by atoms with Gasteiger partial charge in [-0.3, -0.25) is 0 Å². The Kier molecular flexibility index (Phi) is 7.64. The number of nitrogens with one attached hydrogen (secondary N) is 2. The molecule has 4 aromatic rings. The van der Waals surface area contributed by atoms with Gasteiger partial charge in [0.1, 0.15) is 11.5 Å². The smallest absolute Gasteiger partial charge is 0.379 e. The molecule has 0 saturated heterocycles. The van der Waals surface area contributed by atoms with Crippen molar-refractivity contribution in [2.24, 2.45) is 0 Å². The molecule has 2 aromatic carbocycles. The van der Waals surface area contributed by atoms with Gasteiger partial charge in [-0.1, -0.05) is 59.6 Å². The van der Waals surface area contributed by atoms with Gasteiger partial charge >= 0.3 is 11.3 Å². The molecule has 10 heteroatoms. The van der Waals surface area contributed by atoms with E-state index in [1.807, 2.05) is 60.7 Å².